The van der Waals surface area contributed by atoms with Crippen LogP contribution in [0.2, 0.25) is 0 Å². The van der Waals surface area contributed by atoms with Crippen LogP contribution in [0.4, 0.5) is 17.1 Å². The van der Waals surface area contributed by atoms with Crippen molar-refractivity contribution in [3.63, 3.8) is 0 Å². The Hall–Kier alpha value is -8.34. The lowest BCUT2D eigenvalue weighted by molar-refractivity contribution is 0.669. The molecule has 10 aromatic carbocycles. The molecule has 0 saturated heterocycles. The number of rotatable bonds is 5. The number of para-hydroxylation sites is 4. The highest BCUT2D eigenvalue weighted by Gasteiger charge is 2.22. The summed E-state index contributed by atoms with van der Waals surface area (Å²) in [5.74, 6) is 0. The molecule has 62 heavy (non-hydrogen) atoms. The number of furan rings is 2. The lowest BCUT2D eigenvalue weighted by atomic mass is 9.98. The maximum absolute atomic E-state index is 6.45. The summed E-state index contributed by atoms with van der Waals surface area (Å²) in [4.78, 5) is 2.35. The van der Waals surface area contributed by atoms with Crippen molar-refractivity contribution in [2.45, 2.75) is 0 Å². The van der Waals surface area contributed by atoms with Gasteiger partial charge in [0, 0.05) is 54.6 Å². The number of aromatic nitrogens is 1. The van der Waals surface area contributed by atoms with Crippen molar-refractivity contribution in [2.24, 2.45) is 0 Å². The number of fused-ring (bicyclic) bond motifs is 12. The van der Waals surface area contributed by atoms with E-state index < -0.39 is 0 Å². The van der Waals surface area contributed by atoms with Gasteiger partial charge in [-0.3, -0.25) is 0 Å². The molecule has 4 nitrogen and oxygen atoms in total. The van der Waals surface area contributed by atoms with E-state index in [1.807, 2.05) is 24.3 Å². The molecule has 0 fully saturated rings. The Kier molecular flexibility index (Phi) is 6.80. The van der Waals surface area contributed by atoms with Gasteiger partial charge in [-0.05, 0) is 94.2 Å². The van der Waals surface area contributed by atoms with E-state index in [-0.39, 0.29) is 0 Å². The van der Waals surface area contributed by atoms with Gasteiger partial charge in [-0.1, -0.05) is 140 Å². The van der Waals surface area contributed by atoms with Crippen LogP contribution in [0.25, 0.3) is 115 Å². The Morgan fingerprint density at radius 2 is 0.984 bits per heavy atom. The third kappa shape index (κ3) is 4.66. The van der Waals surface area contributed by atoms with E-state index in [4.69, 9.17) is 8.83 Å². The minimum atomic E-state index is 0.859. The first kappa shape index (κ1) is 33.5. The second kappa shape index (κ2) is 12.6. The van der Waals surface area contributed by atoms with E-state index in [1.54, 1.807) is 0 Å². The zero-order valence-electron chi connectivity index (χ0n) is 33.3. The maximum atomic E-state index is 6.45. The predicted molar refractivity (Wildman–Crippen MR) is 259 cm³/mol. The molecule has 0 bridgehead atoms. The van der Waals surface area contributed by atoms with Crippen LogP contribution in [0.3, 0.4) is 0 Å². The molecule has 14 aromatic rings. The standard InChI is InChI=1S/C58H34N2O2/c1-4-17-49-42(11-1)44-15-7-10-37-26-32-45-48-34-38(27-33-50(48)60(49)57(45)55(37)44)35-22-28-39(29-23-35)59(51-18-9-21-54-56(51)47-13-3-6-20-53(47)61-54)40-30-24-36(25-31-40)41-14-8-16-46-43-12-2-5-19-52(43)62-58(41)46/h1-34H. The van der Waals surface area contributed by atoms with Gasteiger partial charge in [0.15, 0.2) is 0 Å². The van der Waals surface area contributed by atoms with Crippen molar-refractivity contribution in [3.8, 4) is 22.3 Å². The highest BCUT2D eigenvalue weighted by molar-refractivity contribution is 6.28. The van der Waals surface area contributed by atoms with Crippen LogP contribution in [-0.4, -0.2) is 4.40 Å². The Balaban J connectivity index is 0.916. The molecule has 0 aliphatic carbocycles. The van der Waals surface area contributed by atoms with Crippen LogP contribution in [0, 0.1) is 0 Å². The number of pyridine rings is 1. The first-order valence-corrected chi connectivity index (χ1v) is 21.2. The SMILES string of the molecule is c1ccc2c(c1)oc1c(-c3ccc(N(c4ccc(-c5ccc6c(c5)c5ccc7cccc8c9ccccc9n6c5c78)cc4)c4cccc5oc6ccccc6c45)cc3)cccc12. The monoisotopic (exact) mass is 790 g/mol. The van der Waals surface area contributed by atoms with Crippen molar-refractivity contribution < 1.29 is 8.83 Å². The second-order valence-corrected chi connectivity index (χ2v) is 16.4. The second-order valence-electron chi connectivity index (χ2n) is 16.4. The Morgan fingerprint density at radius 1 is 0.355 bits per heavy atom. The normalized spacial score (nSPS) is 12.2. The van der Waals surface area contributed by atoms with Crippen LogP contribution >= 0.6 is 0 Å². The Bertz CT molecular complexity index is 4080. The van der Waals surface area contributed by atoms with Gasteiger partial charge in [-0.15, -0.1) is 0 Å². The van der Waals surface area contributed by atoms with Crippen molar-refractivity contribution >= 4 is 110 Å². The first-order valence-electron chi connectivity index (χ1n) is 21.2. The predicted octanol–water partition coefficient (Wildman–Crippen LogP) is 16.6. The number of benzene rings is 10. The molecule has 0 radical (unpaired) electrons. The molecule has 4 aromatic heterocycles. The quantitative estimate of drug-likeness (QED) is 0.129. The maximum Gasteiger partial charge on any atom is 0.143 e. The van der Waals surface area contributed by atoms with Crippen LogP contribution in [0.1, 0.15) is 0 Å². The lowest BCUT2D eigenvalue weighted by Gasteiger charge is -2.26. The number of hydrogen-bond donors (Lipinski definition) is 0. The van der Waals surface area contributed by atoms with Crippen LogP contribution in [0.15, 0.2) is 215 Å². The minimum Gasteiger partial charge on any atom is -0.456 e. The number of nitrogens with zero attached hydrogens (tertiary/aromatic N) is 2. The molecule has 0 atom stereocenters. The fraction of sp³-hybridized carbons (Fsp3) is 0. The molecule has 4 heteroatoms. The number of hydrogen-bond acceptors (Lipinski definition) is 3. The van der Waals surface area contributed by atoms with Gasteiger partial charge in [-0.25, -0.2) is 0 Å². The fourth-order valence-corrected chi connectivity index (χ4v) is 10.4. The van der Waals surface area contributed by atoms with Crippen LogP contribution in [-0.2, 0) is 0 Å². The summed E-state index contributed by atoms with van der Waals surface area (Å²) in [6, 6.07) is 74.2. The Morgan fingerprint density at radius 3 is 1.82 bits per heavy atom. The van der Waals surface area contributed by atoms with E-state index >= 15 is 0 Å². The van der Waals surface area contributed by atoms with Crippen molar-refractivity contribution in [2.75, 3.05) is 4.90 Å². The summed E-state index contributed by atoms with van der Waals surface area (Å²) in [5, 5.41) is 12.1. The van der Waals surface area contributed by atoms with Crippen molar-refractivity contribution in [3.05, 3.63) is 206 Å². The van der Waals surface area contributed by atoms with Crippen molar-refractivity contribution in [1.29, 1.82) is 0 Å². The summed E-state index contributed by atoms with van der Waals surface area (Å²) in [6.45, 7) is 0. The topological polar surface area (TPSA) is 33.9 Å². The average Bonchev–Trinajstić information content (AvgIpc) is 4.02. The van der Waals surface area contributed by atoms with Crippen LogP contribution < -0.4 is 4.90 Å². The molecule has 0 unspecified atom stereocenters. The van der Waals surface area contributed by atoms with Gasteiger partial charge in [-0.2, -0.15) is 0 Å². The zero-order chi connectivity index (χ0) is 40.5. The van der Waals surface area contributed by atoms with Gasteiger partial charge in [0.2, 0.25) is 0 Å². The van der Waals surface area contributed by atoms with Crippen molar-refractivity contribution in [1.82, 2.24) is 4.40 Å². The summed E-state index contributed by atoms with van der Waals surface area (Å²) >= 11 is 0. The van der Waals surface area contributed by atoms with E-state index in [1.165, 1.54) is 54.4 Å². The fourth-order valence-electron chi connectivity index (χ4n) is 10.4. The van der Waals surface area contributed by atoms with E-state index in [0.717, 1.165) is 77.6 Å². The van der Waals surface area contributed by atoms with Gasteiger partial charge in [0.1, 0.15) is 22.3 Å². The van der Waals surface area contributed by atoms with Crippen LogP contribution in [0.5, 0.6) is 0 Å². The molecular weight excluding hydrogens is 757 g/mol. The first-order chi connectivity index (χ1) is 30.7. The van der Waals surface area contributed by atoms with Gasteiger partial charge >= 0.3 is 0 Å². The molecule has 0 aliphatic heterocycles. The molecule has 4 heterocycles. The third-order valence-electron chi connectivity index (χ3n) is 13.1. The molecule has 0 amide bonds. The third-order valence-corrected chi connectivity index (χ3v) is 13.1. The van der Waals surface area contributed by atoms with E-state index in [2.05, 4.69) is 191 Å². The molecule has 0 aliphatic rings. The highest BCUT2D eigenvalue weighted by atomic mass is 16.3. The molecular formula is C58H34N2O2. The summed E-state index contributed by atoms with van der Waals surface area (Å²) in [5.41, 5.74) is 14.9. The number of anilines is 3. The smallest absolute Gasteiger partial charge is 0.143 e. The summed E-state index contributed by atoms with van der Waals surface area (Å²) in [7, 11) is 0. The molecule has 288 valence electrons. The lowest BCUT2D eigenvalue weighted by Crippen LogP contribution is -2.10. The van der Waals surface area contributed by atoms with Gasteiger partial charge in [0.25, 0.3) is 0 Å². The molecule has 0 spiro atoms. The molecule has 0 N–H and O–H groups in total. The van der Waals surface area contributed by atoms with Gasteiger partial charge in [0.05, 0.1) is 27.6 Å². The largest absolute Gasteiger partial charge is 0.456 e. The zero-order valence-corrected chi connectivity index (χ0v) is 33.3. The minimum absolute atomic E-state index is 0.859. The van der Waals surface area contributed by atoms with E-state index in [0.29, 0.717) is 0 Å². The summed E-state index contributed by atoms with van der Waals surface area (Å²) < 4.78 is 15.3. The molecule has 14 rings (SSSR count). The molecule has 0 saturated carbocycles. The van der Waals surface area contributed by atoms with E-state index in [9.17, 15) is 0 Å². The summed E-state index contributed by atoms with van der Waals surface area (Å²) in [6.07, 6.45) is 0. The van der Waals surface area contributed by atoms with Gasteiger partial charge < -0.3 is 18.1 Å². The highest BCUT2D eigenvalue weighted by Crippen LogP contribution is 2.46. The Labute approximate surface area is 355 Å². The average molecular weight is 791 g/mol.